The molecule has 4 aromatic rings. The van der Waals surface area contributed by atoms with Crippen LogP contribution in [0.2, 0.25) is 0 Å². The first-order valence-electron chi connectivity index (χ1n) is 9.51. The summed E-state index contributed by atoms with van der Waals surface area (Å²) >= 11 is 0. The number of nitrogens with zero attached hydrogens (tertiary/aromatic N) is 3. The first-order chi connectivity index (χ1) is 14.2. The summed E-state index contributed by atoms with van der Waals surface area (Å²) in [5.74, 6) is 1.36. The van der Waals surface area contributed by atoms with Crippen molar-refractivity contribution in [1.82, 2.24) is 20.3 Å². The van der Waals surface area contributed by atoms with E-state index in [1.54, 1.807) is 6.20 Å². The van der Waals surface area contributed by atoms with E-state index in [-0.39, 0.29) is 0 Å². The van der Waals surface area contributed by atoms with E-state index >= 15 is 0 Å². The van der Waals surface area contributed by atoms with Gasteiger partial charge in [0.25, 0.3) is 0 Å². The fraction of sp³-hybridized carbons (Fsp3) is 0.174. The molecule has 2 heterocycles. The van der Waals surface area contributed by atoms with Crippen molar-refractivity contribution in [2.45, 2.75) is 20.1 Å². The molecule has 0 aliphatic heterocycles. The highest BCUT2D eigenvalue weighted by molar-refractivity contribution is 5.81. The van der Waals surface area contributed by atoms with Gasteiger partial charge in [0.1, 0.15) is 12.4 Å². The van der Waals surface area contributed by atoms with Crippen LogP contribution in [0.15, 0.2) is 67.1 Å². The molecule has 0 aliphatic rings. The number of benzene rings is 2. The Balaban J connectivity index is 1.56. The maximum atomic E-state index is 6.00. The average Bonchev–Trinajstić information content (AvgIpc) is 2.74. The van der Waals surface area contributed by atoms with Crippen molar-refractivity contribution in [3.05, 3.63) is 83.8 Å². The summed E-state index contributed by atoms with van der Waals surface area (Å²) in [5.41, 5.74) is 5.06. The molecule has 4 rings (SSSR count). The van der Waals surface area contributed by atoms with E-state index in [0.717, 1.165) is 40.0 Å². The Hall–Kier alpha value is -3.51. The van der Waals surface area contributed by atoms with Crippen LogP contribution in [0.1, 0.15) is 16.7 Å². The lowest BCUT2D eigenvalue weighted by Crippen LogP contribution is -2.05. The molecule has 0 amide bonds. The summed E-state index contributed by atoms with van der Waals surface area (Å²) in [4.78, 5) is 13.3. The minimum atomic E-state index is 0.467. The van der Waals surface area contributed by atoms with Gasteiger partial charge in [-0.15, -0.1) is 0 Å². The molecule has 2 aromatic heterocycles. The molecule has 2 N–H and O–H groups in total. The molecule has 0 aliphatic carbocycles. The number of pyridine rings is 1. The lowest BCUT2D eigenvalue weighted by Gasteiger charge is -2.11. The molecule has 0 bridgehead atoms. The molecular weight excluding hydrogens is 362 g/mol. The number of rotatable bonds is 7. The van der Waals surface area contributed by atoms with Crippen LogP contribution in [0.3, 0.4) is 0 Å². The zero-order valence-corrected chi connectivity index (χ0v) is 16.5. The van der Waals surface area contributed by atoms with Crippen LogP contribution in [0.5, 0.6) is 5.75 Å². The van der Waals surface area contributed by atoms with E-state index in [9.17, 15) is 0 Å². The van der Waals surface area contributed by atoms with E-state index in [2.05, 4.69) is 37.7 Å². The van der Waals surface area contributed by atoms with Gasteiger partial charge in [-0.3, -0.25) is 4.98 Å². The number of aromatic nitrogens is 3. The monoisotopic (exact) mass is 385 g/mol. The summed E-state index contributed by atoms with van der Waals surface area (Å²) < 4.78 is 6.00. The maximum absolute atomic E-state index is 6.00. The Bertz CT molecular complexity index is 1110. The Morgan fingerprint density at radius 1 is 1.00 bits per heavy atom. The zero-order chi connectivity index (χ0) is 20.1. The molecular formula is C23H23N5O. The Labute approximate surface area is 170 Å². The second-order valence-electron chi connectivity index (χ2n) is 6.88. The van der Waals surface area contributed by atoms with E-state index in [0.29, 0.717) is 12.6 Å². The number of hydrogen-bond donors (Lipinski definition) is 2. The van der Waals surface area contributed by atoms with Crippen molar-refractivity contribution < 1.29 is 4.74 Å². The molecule has 0 radical (unpaired) electrons. The molecule has 0 atom stereocenters. The van der Waals surface area contributed by atoms with Crippen molar-refractivity contribution in [3.8, 4) is 5.75 Å². The second kappa shape index (κ2) is 8.67. The van der Waals surface area contributed by atoms with Crippen LogP contribution in [-0.2, 0) is 13.2 Å². The van der Waals surface area contributed by atoms with Crippen LogP contribution < -0.4 is 15.4 Å². The van der Waals surface area contributed by atoms with E-state index in [4.69, 9.17) is 4.74 Å². The summed E-state index contributed by atoms with van der Waals surface area (Å²) in [6, 6.07) is 16.1. The van der Waals surface area contributed by atoms with Gasteiger partial charge in [0, 0.05) is 47.8 Å². The molecule has 0 saturated heterocycles. The van der Waals surface area contributed by atoms with Crippen molar-refractivity contribution in [3.63, 3.8) is 0 Å². The first kappa shape index (κ1) is 18.8. The van der Waals surface area contributed by atoms with Gasteiger partial charge in [0.2, 0.25) is 5.95 Å². The lowest BCUT2D eigenvalue weighted by molar-refractivity contribution is 0.304. The third-order valence-corrected chi connectivity index (χ3v) is 4.56. The Kier molecular flexibility index (Phi) is 5.63. The summed E-state index contributed by atoms with van der Waals surface area (Å²) in [5, 5.41) is 7.42. The number of aryl methyl sites for hydroxylation is 1. The van der Waals surface area contributed by atoms with Crippen molar-refractivity contribution in [2.24, 2.45) is 0 Å². The van der Waals surface area contributed by atoms with E-state index in [1.165, 1.54) is 5.56 Å². The second-order valence-corrected chi connectivity index (χ2v) is 6.88. The van der Waals surface area contributed by atoms with E-state index in [1.807, 2.05) is 62.8 Å². The SMILES string of the molecule is CNCc1cccc(Nc2ncc3cc(C)c(OCc4cccnc4)cc3n2)c1. The number of anilines is 2. The number of nitrogens with one attached hydrogen (secondary N) is 2. The van der Waals surface area contributed by atoms with Gasteiger partial charge in [-0.1, -0.05) is 18.2 Å². The van der Waals surface area contributed by atoms with Crippen LogP contribution in [0, 0.1) is 6.92 Å². The van der Waals surface area contributed by atoms with Crippen LogP contribution in [0.25, 0.3) is 10.9 Å². The quantitative estimate of drug-likeness (QED) is 0.492. The number of hydrogen-bond acceptors (Lipinski definition) is 6. The van der Waals surface area contributed by atoms with Gasteiger partial charge in [-0.2, -0.15) is 0 Å². The first-order valence-corrected chi connectivity index (χ1v) is 9.51. The average molecular weight is 385 g/mol. The smallest absolute Gasteiger partial charge is 0.227 e. The van der Waals surface area contributed by atoms with Gasteiger partial charge in [0.05, 0.1) is 5.52 Å². The van der Waals surface area contributed by atoms with Crippen molar-refractivity contribution in [2.75, 3.05) is 12.4 Å². The minimum absolute atomic E-state index is 0.467. The molecule has 0 saturated carbocycles. The third-order valence-electron chi connectivity index (χ3n) is 4.56. The predicted molar refractivity (Wildman–Crippen MR) is 115 cm³/mol. The molecule has 0 spiro atoms. The van der Waals surface area contributed by atoms with Gasteiger partial charge in [-0.25, -0.2) is 9.97 Å². The Morgan fingerprint density at radius 2 is 1.90 bits per heavy atom. The molecule has 0 fully saturated rings. The van der Waals surface area contributed by atoms with Crippen LogP contribution in [0.4, 0.5) is 11.6 Å². The lowest BCUT2D eigenvalue weighted by atomic mass is 10.1. The van der Waals surface area contributed by atoms with Crippen LogP contribution in [-0.4, -0.2) is 22.0 Å². The standard InChI is InChI=1S/C23H23N5O/c1-16-9-19-14-26-23(27-20-7-3-5-17(10-20)12-24-2)28-21(19)11-22(16)29-15-18-6-4-8-25-13-18/h3-11,13-14,24H,12,15H2,1-2H3,(H,26,27,28). The summed E-state index contributed by atoms with van der Waals surface area (Å²) in [7, 11) is 1.93. The summed E-state index contributed by atoms with van der Waals surface area (Å²) in [6.45, 7) is 3.30. The maximum Gasteiger partial charge on any atom is 0.227 e. The topological polar surface area (TPSA) is 72.0 Å². The number of ether oxygens (including phenoxy) is 1. The van der Waals surface area contributed by atoms with Crippen molar-refractivity contribution >= 4 is 22.5 Å². The molecule has 6 nitrogen and oxygen atoms in total. The minimum Gasteiger partial charge on any atom is -0.488 e. The van der Waals surface area contributed by atoms with Gasteiger partial charge in [-0.05, 0) is 49.4 Å². The van der Waals surface area contributed by atoms with Gasteiger partial charge >= 0.3 is 0 Å². The number of fused-ring (bicyclic) bond motifs is 1. The fourth-order valence-corrected chi connectivity index (χ4v) is 3.13. The van der Waals surface area contributed by atoms with E-state index < -0.39 is 0 Å². The molecule has 29 heavy (non-hydrogen) atoms. The molecule has 2 aromatic carbocycles. The van der Waals surface area contributed by atoms with Crippen LogP contribution >= 0.6 is 0 Å². The highest BCUT2D eigenvalue weighted by atomic mass is 16.5. The molecule has 146 valence electrons. The highest BCUT2D eigenvalue weighted by Gasteiger charge is 2.07. The van der Waals surface area contributed by atoms with Crippen molar-refractivity contribution in [1.29, 1.82) is 0 Å². The predicted octanol–water partition coefficient (Wildman–Crippen LogP) is 4.38. The van der Waals surface area contributed by atoms with Gasteiger partial charge in [0.15, 0.2) is 0 Å². The summed E-state index contributed by atoms with van der Waals surface area (Å²) in [6.07, 6.45) is 5.40. The fourth-order valence-electron chi connectivity index (χ4n) is 3.13. The molecule has 6 heteroatoms. The Morgan fingerprint density at radius 3 is 2.72 bits per heavy atom. The largest absolute Gasteiger partial charge is 0.488 e. The zero-order valence-electron chi connectivity index (χ0n) is 16.5. The normalized spacial score (nSPS) is 10.8. The highest BCUT2D eigenvalue weighted by Crippen LogP contribution is 2.26. The third kappa shape index (κ3) is 4.67. The molecule has 0 unspecified atom stereocenters. The van der Waals surface area contributed by atoms with Gasteiger partial charge < -0.3 is 15.4 Å².